The van der Waals surface area contributed by atoms with E-state index in [0.717, 1.165) is 0 Å². The van der Waals surface area contributed by atoms with Crippen molar-refractivity contribution < 1.29 is 19.5 Å². The van der Waals surface area contributed by atoms with Gasteiger partial charge in [0.15, 0.2) is 0 Å². The van der Waals surface area contributed by atoms with E-state index >= 15 is 0 Å². The minimum absolute atomic E-state index is 0.0572. The first-order valence-corrected chi connectivity index (χ1v) is 4.24. The number of nitrogens with one attached hydrogen (secondary N) is 1. The van der Waals surface area contributed by atoms with Crippen LogP contribution >= 0.6 is 0 Å². The number of nitrogens with two attached hydrogens (primary N) is 1. The molecule has 1 atom stereocenters. The molecule has 0 aliphatic carbocycles. The molecule has 14 heavy (non-hydrogen) atoms. The standard InChI is InChI=1S/C8H14N2O4/c1-5(8(9)14)10-6(11)3-2-4-7(12)13/h5H,2-4H2,1H3,(H2,9,14)(H,10,11)(H,12,13). The van der Waals surface area contributed by atoms with Gasteiger partial charge in [-0.2, -0.15) is 0 Å². The molecular formula is C8H14N2O4. The molecule has 0 aliphatic heterocycles. The van der Waals surface area contributed by atoms with E-state index in [9.17, 15) is 14.4 Å². The molecule has 0 spiro atoms. The monoisotopic (exact) mass is 202 g/mol. The number of carboxylic acids is 1. The van der Waals surface area contributed by atoms with E-state index < -0.39 is 17.9 Å². The number of aliphatic carboxylic acids is 1. The van der Waals surface area contributed by atoms with Gasteiger partial charge in [-0.25, -0.2) is 0 Å². The summed E-state index contributed by atoms with van der Waals surface area (Å²) in [5, 5.41) is 10.6. The molecule has 1 unspecified atom stereocenters. The highest BCUT2D eigenvalue weighted by Crippen LogP contribution is 1.95. The van der Waals surface area contributed by atoms with E-state index in [1.165, 1.54) is 6.92 Å². The van der Waals surface area contributed by atoms with Crippen molar-refractivity contribution >= 4 is 17.8 Å². The Hall–Kier alpha value is -1.59. The van der Waals surface area contributed by atoms with Crippen LogP contribution in [0.3, 0.4) is 0 Å². The highest BCUT2D eigenvalue weighted by atomic mass is 16.4. The Labute approximate surface area is 81.5 Å². The maximum atomic E-state index is 11.0. The van der Waals surface area contributed by atoms with Crippen LogP contribution in [0.4, 0.5) is 0 Å². The van der Waals surface area contributed by atoms with Gasteiger partial charge in [0.2, 0.25) is 11.8 Å². The summed E-state index contributed by atoms with van der Waals surface area (Å²) in [6.45, 7) is 1.47. The summed E-state index contributed by atoms with van der Waals surface area (Å²) < 4.78 is 0. The minimum Gasteiger partial charge on any atom is -0.481 e. The van der Waals surface area contributed by atoms with Crippen molar-refractivity contribution in [2.75, 3.05) is 0 Å². The summed E-state index contributed by atoms with van der Waals surface area (Å²) in [7, 11) is 0. The fourth-order valence-corrected chi connectivity index (χ4v) is 0.785. The van der Waals surface area contributed by atoms with Crippen LogP contribution in [0.25, 0.3) is 0 Å². The lowest BCUT2D eigenvalue weighted by molar-refractivity contribution is -0.137. The number of carbonyl (C=O) groups is 3. The van der Waals surface area contributed by atoms with E-state index in [1.807, 2.05) is 0 Å². The lowest BCUT2D eigenvalue weighted by Gasteiger charge is -2.09. The van der Waals surface area contributed by atoms with Gasteiger partial charge in [-0.05, 0) is 13.3 Å². The Morgan fingerprint density at radius 1 is 1.36 bits per heavy atom. The first kappa shape index (κ1) is 12.4. The van der Waals surface area contributed by atoms with Crippen LogP contribution in [-0.4, -0.2) is 28.9 Å². The van der Waals surface area contributed by atoms with Crippen molar-refractivity contribution in [3.8, 4) is 0 Å². The fraction of sp³-hybridized carbons (Fsp3) is 0.625. The highest BCUT2D eigenvalue weighted by Gasteiger charge is 2.11. The maximum absolute atomic E-state index is 11.0. The van der Waals surface area contributed by atoms with Crippen molar-refractivity contribution in [1.29, 1.82) is 0 Å². The summed E-state index contributed by atoms with van der Waals surface area (Å²) in [5.41, 5.74) is 4.91. The molecule has 0 rings (SSSR count). The van der Waals surface area contributed by atoms with E-state index in [1.54, 1.807) is 0 Å². The molecule has 0 aromatic heterocycles. The first-order chi connectivity index (χ1) is 6.43. The average molecular weight is 202 g/mol. The third-order valence-electron chi connectivity index (χ3n) is 1.60. The normalized spacial score (nSPS) is 11.8. The van der Waals surface area contributed by atoms with Crippen LogP contribution in [0.5, 0.6) is 0 Å². The average Bonchev–Trinajstić information content (AvgIpc) is 2.02. The Bertz CT molecular complexity index is 239. The SMILES string of the molecule is CC(NC(=O)CCCC(=O)O)C(N)=O. The zero-order valence-corrected chi connectivity index (χ0v) is 7.95. The predicted octanol–water partition coefficient (Wildman–Crippen LogP) is -0.769. The van der Waals surface area contributed by atoms with Crippen LogP contribution in [0.15, 0.2) is 0 Å². The summed E-state index contributed by atoms with van der Waals surface area (Å²) in [5.74, 6) is -1.92. The van der Waals surface area contributed by atoms with Gasteiger partial charge in [0.25, 0.3) is 0 Å². The quantitative estimate of drug-likeness (QED) is 0.525. The van der Waals surface area contributed by atoms with Gasteiger partial charge in [-0.3, -0.25) is 14.4 Å². The number of carboxylic acid groups (broad SMARTS) is 1. The second-order valence-electron chi connectivity index (χ2n) is 2.94. The van der Waals surface area contributed by atoms with Gasteiger partial charge in [0.1, 0.15) is 6.04 Å². The second kappa shape index (κ2) is 5.95. The first-order valence-electron chi connectivity index (χ1n) is 4.24. The molecule has 4 N–H and O–H groups in total. The van der Waals surface area contributed by atoms with Gasteiger partial charge in [-0.1, -0.05) is 0 Å². The Morgan fingerprint density at radius 2 is 1.93 bits per heavy atom. The Kier molecular flexibility index (Phi) is 5.28. The predicted molar refractivity (Wildman–Crippen MR) is 48.3 cm³/mol. The molecule has 0 fully saturated rings. The summed E-state index contributed by atoms with van der Waals surface area (Å²) in [4.78, 5) is 31.7. The highest BCUT2D eigenvalue weighted by molar-refractivity contribution is 5.86. The second-order valence-corrected chi connectivity index (χ2v) is 2.94. The van der Waals surface area contributed by atoms with Crippen LogP contribution in [-0.2, 0) is 14.4 Å². The molecular weight excluding hydrogens is 188 g/mol. The summed E-state index contributed by atoms with van der Waals surface area (Å²) >= 11 is 0. The zero-order chi connectivity index (χ0) is 11.1. The molecule has 0 bridgehead atoms. The summed E-state index contributed by atoms with van der Waals surface area (Å²) in [6.07, 6.45) is 0.287. The fourth-order valence-electron chi connectivity index (χ4n) is 0.785. The van der Waals surface area contributed by atoms with E-state index in [0.29, 0.717) is 0 Å². The molecule has 0 heterocycles. The lowest BCUT2D eigenvalue weighted by atomic mass is 10.2. The molecule has 80 valence electrons. The van der Waals surface area contributed by atoms with E-state index in [4.69, 9.17) is 10.8 Å². The van der Waals surface area contributed by atoms with Gasteiger partial charge >= 0.3 is 5.97 Å². The summed E-state index contributed by atoms with van der Waals surface area (Å²) in [6, 6.07) is -0.715. The number of primary amides is 1. The molecule has 6 nitrogen and oxygen atoms in total. The van der Waals surface area contributed by atoms with Crippen molar-refractivity contribution in [3.05, 3.63) is 0 Å². The molecule has 2 amide bonds. The largest absolute Gasteiger partial charge is 0.481 e. The molecule has 0 aromatic carbocycles. The van der Waals surface area contributed by atoms with Crippen LogP contribution in [0.2, 0.25) is 0 Å². The molecule has 0 saturated carbocycles. The van der Waals surface area contributed by atoms with Gasteiger partial charge in [0.05, 0.1) is 0 Å². The van der Waals surface area contributed by atoms with Crippen LogP contribution in [0.1, 0.15) is 26.2 Å². The third-order valence-corrected chi connectivity index (χ3v) is 1.60. The van der Waals surface area contributed by atoms with Crippen LogP contribution in [0, 0.1) is 0 Å². The van der Waals surface area contributed by atoms with Crippen molar-refractivity contribution in [3.63, 3.8) is 0 Å². The zero-order valence-electron chi connectivity index (χ0n) is 7.95. The Morgan fingerprint density at radius 3 is 2.36 bits per heavy atom. The number of rotatable bonds is 6. The van der Waals surface area contributed by atoms with Crippen molar-refractivity contribution in [2.45, 2.75) is 32.2 Å². The number of carbonyl (C=O) groups excluding carboxylic acids is 2. The molecule has 0 radical (unpaired) electrons. The molecule has 0 aromatic rings. The van der Waals surface area contributed by atoms with Gasteiger partial charge in [-0.15, -0.1) is 0 Å². The maximum Gasteiger partial charge on any atom is 0.303 e. The van der Waals surface area contributed by atoms with E-state index in [2.05, 4.69) is 5.32 Å². The van der Waals surface area contributed by atoms with Crippen molar-refractivity contribution in [2.24, 2.45) is 5.73 Å². The Balaban J connectivity index is 3.65. The smallest absolute Gasteiger partial charge is 0.303 e. The van der Waals surface area contributed by atoms with Gasteiger partial charge < -0.3 is 16.2 Å². The number of hydrogen-bond donors (Lipinski definition) is 3. The lowest BCUT2D eigenvalue weighted by Crippen LogP contribution is -2.42. The van der Waals surface area contributed by atoms with Gasteiger partial charge in [0, 0.05) is 12.8 Å². The molecule has 0 aliphatic rings. The number of hydrogen-bond acceptors (Lipinski definition) is 3. The minimum atomic E-state index is -0.944. The molecule has 6 heteroatoms. The number of amides is 2. The molecule has 0 saturated heterocycles. The van der Waals surface area contributed by atoms with Crippen molar-refractivity contribution in [1.82, 2.24) is 5.32 Å². The third kappa shape index (κ3) is 5.99. The topological polar surface area (TPSA) is 109 Å². The van der Waals surface area contributed by atoms with Crippen LogP contribution < -0.4 is 11.1 Å². The van der Waals surface area contributed by atoms with E-state index in [-0.39, 0.29) is 25.2 Å².